The van der Waals surface area contributed by atoms with Crippen LogP contribution in [0.1, 0.15) is 15.9 Å². The lowest BCUT2D eigenvalue weighted by Gasteiger charge is -2.25. The highest BCUT2D eigenvalue weighted by atomic mass is 19.3. The predicted octanol–water partition coefficient (Wildman–Crippen LogP) is 3.20. The maximum atomic E-state index is 12.5. The molecule has 2 rings (SSSR count). The van der Waals surface area contributed by atoms with E-state index in [0.717, 1.165) is 6.42 Å². The van der Waals surface area contributed by atoms with E-state index in [9.17, 15) is 13.6 Å². The maximum absolute atomic E-state index is 12.5. The SMILES string of the molecule is COc1cc(C(=O)NCC(Cc2ccccc2)N(C)C)ccc1OC(F)F. The summed E-state index contributed by atoms with van der Waals surface area (Å²) in [6, 6.07) is 14.2. The first-order valence-corrected chi connectivity index (χ1v) is 8.52. The zero-order chi connectivity index (χ0) is 19.8. The molecule has 0 spiro atoms. The molecule has 0 aromatic heterocycles. The summed E-state index contributed by atoms with van der Waals surface area (Å²) in [5.41, 5.74) is 1.49. The van der Waals surface area contributed by atoms with Crippen LogP contribution in [0.25, 0.3) is 0 Å². The number of hydrogen-bond donors (Lipinski definition) is 1. The maximum Gasteiger partial charge on any atom is 0.387 e. The van der Waals surface area contributed by atoms with E-state index in [1.54, 1.807) is 0 Å². The molecular formula is C20H24F2N2O3. The molecule has 0 radical (unpaired) electrons. The quantitative estimate of drug-likeness (QED) is 0.728. The number of halogens is 2. The normalized spacial score (nSPS) is 12.1. The molecule has 0 heterocycles. The summed E-state index contributed by atoms with van der Waals surface area (Å²) in [7, 11) is 5.25. The number of alkyl halides is 2. The summed E-state index contributed by atoms with van der Waals surface area (Å²) < 4.78 is 34.2. The second-order valence-corrected chi connectivity index (χ2v) is 6.26. The highest BCUT2D eigenvalue weighted by Crippen LogP contribution is 2.29. The standard InChI is InChI=1S/C20H24F2N2O3/c1-24(2)16(11-14-7-5-4-6-8-14)13-23-19(25)15-9-10-17(27-20(21)22)18(12-15)26-3/h4-10,12,16,20H,11,13H2,1-3H3,(H,23,25). The second kappa shape index (κ2) is 9.87. The molecule has 0 fully saturated rings. The van der Waals surface area contributed by atoms with Crippen LogP contribution in [0.15, 0.2) is 48.5 Å². The highest BCUT2D eigenvalue weighted by molar-refractivity contribution is 5.94. The molecule has 5 nitrogen and oxygen atoms in total. The largest absolute Gasteiger partial charge is 0.493 e. The average molecular weight is 378 g/mol. The van der Waals surface area contributed by atoms with E-state index in [4.69, 9.17) is 4.74 Å². The van der Waals surface area contributed by atoms with Crippen LogP contribution in [0, 0.1) is 0 Å². The Morgan fingerprint density at radius 2 is 1.81 bits per heavy atom. The van der Waals surface area contributed by atoms with Crippen molar-refractivity contribution < 1.29 is 23.0 Å². The van der Waals surface area contributed by atoms with Gasteiger partial charge in [-0.1, -0.05) is 30.3 Å². The fourth-order valence-electron chi connectivity index (χ4n) is 2.64. The van der Waals surface area contributed by atoms with E-state index >= 15 is 0 Å². The Bertz CT molecular complexity index is 739. The van der Waals surface area contributed by atoms with E-state index in [-0.39, 0.29) is 23.4 Å². The first kappa shape index (κ1) is 20.6. The Morgan fingerprint density at radius 3 is 2.41 bits per heavy atom. The van der Waals surface area contributed by atoms with E-state index in [2.05, 4.69) is 10.1 Å². The van der Waals surface area contributed by atoms with E-state index in [1.807, 2.05) is 49.3 Å². The van der Waals surface area contributed by atoms with Gasteiger partial charge >= 0.3 is 6.61 Å². The van der Waals surface area contributed by atoms with Crippen LogP contribution in [0.2, 0.25) is 0 Å². The molecule has 146 valence electrons. The van der Waals surface area contributed by atoms with Gasteiger partial charge in [-0.25, -0.2) is 0 Å². The molecule has 1 atom stereocenters. The summed E-state index contributed by atoms with van der Waals surface area (Å²) in [6.45, 7) is -2.52. The molecule has 1 amide bonds. The van der Waals surface area contributed by atoms with Gasteiger partial charge in [-0.05, 0) is 44.3 Å². The van der Waals surface area contributed by atoms with Crippen molar-refractivity contribution in [2.75, 3.05) is 27.7 Å². The first-order valence-electron chi connectivity index (χ1n) is 8.52. The van der Waals surface area contributed by atoms with Crippen molar-refractivity contribution in [2.45, 2.75) is 19.1 Å². The van der Waals surface area contributed by atoms with Crippen molar-refractivity contribution in [3.05, 3.63) is 59.7 Å². The molecule has 0 bridgehead atoms. The minimum absolute atomic E-state index is 0.0800. The Hall–Kier alpha value is -2.67. The van der Waals surface area contributed by atoms with Crippen LogP contribution in [0.5, 0.6) is 11.5 Å². The van der Waals surface area contributed by atoms with Gasteiger partial charge in [0.15, 0.2) is 11.5 Å². The summed E-state index contributed by atoms with van der Waals surface area (Å²) in [5, 5.41) is 2.89. The number of benzene rings is 2. The number of carbonyl (C=O) groups is 1. The van der Waals surface area contributed by atoms with Crippen LogP contribution < -0.4 is 14.8 Å². The van der Waals surface area contributed by atoms with Crippen molar-refractivity contribution in [1.29, 1.82) is 0 Å². The van der Waals surface area contributed by atoms with Gasteiger partial charge in [-0.3, -0.25) is 4.79 Å². The number of nitrogens with one attached hydrogen (secondary N) is 1. The third kappa shape index (κ3) is 6.21. The lowest BCUT2D eigenvalue weighted by molar-refractivity contribution is -0.0512. The van der Waals surface area contributed by atoms with Crippen LogP contribution in [0.3, 0.4) is 0 Å². The zero-order valence-corrected chi connectivity index (χ0v) is 15.6. The molecule has 0 saturated heterocycles. The Morgan fingerprint density at radius 1 is 1.11 bits per heavy atom. The Labute approximate surface area is 157 Å². The molecule has 0 aliphatic heterocycles. The molecule has 1 unspecified atom stereocenters. The third-order valence-corrected chi connectivity index (χ3v) is 4.18. The van der Waals surface area contributed by atoms with Crippen LogP contribution in [0.4, 0.5) is 8.78 Å². The fraction of sp³-hybridized carbons (Fsp3) is 0.350. The topological polar surface area (TPSA) is 50.8 Å². The fourth-order valence-corrected chi connectivity index (χ4v) is 2.64. The first-order chi connectivity index (χ1) is 12.9. The van der Waals surface area contributed by atoms with E-state index in [0.29, 0.717) is 12.1 Å². The average Bonchev–Trinajstić information content (AvgIpc) is 2.65. The smallest absolute Gasteiger partial charge is 0.387 e. The number of carbonyl (C=O) groups excluding carboxylic acids is 1. The van der Waals surface area contributed by atoms with Crippen molar-refractivity contribution >= 4 is 5.91 Å². The highest BCUT2D eigenvalue weighted by Gasteiger charge is 2.17. The number of nitrogens with zero attached hydrogens (tertiary/aromatic N) is 1. The molecule has 0 aliphatic carbocycles. The molecule has 0 saturated carbocycles. The van der Waals surface area contributed by atoms with Gasteiger partial charge in [0.25, 0.3) is 5.91 Å². The minimum atomic E-state index is -2.96. The number of amides is 1. The lowest BCUT2D eigenvalue weighted by atomic mass is 10.0. The van der Waals surface area contributed by atoms with Crippen LogP contribution in [-0.2, 0) is 6.42 Å². The molecule has 2 aromatic carbocycles. The number of methoxy groups -OCH3 is 1. The Balaban J connectivity index is 2.02. The summed E-state index contributed by atoms with van der Waals surface area (Å²) in [4.78, 5) is 14.5. The number of ether oxygens (including phenoxy) is 2. The summed E-state index contributed by atoms with van der Waals surface area (Å²) in [6.07, 6.45) is 0.790. The predicted molar refractivity (Wildman–Crippen MR) is 99.6 cm³/mol. The number of rotatable bonds is 9. The van der Waals surface area contributed by atoms with Gasteiger partial charge in [0.05, 0.1) is 7.11 Å². The van der Waals surface area contributed by atoms with E-state index < -0.39 is 6.61 Å². The van der Waals surface area contributed by atoms with Crippen molar-refractivity contribution in [3.63, 3.8) is 0 Å². The lowest BCUT2D eigenvalue weighted by Crippen LogP contribution is -2.41. The van der Waals surface area contributed by atoms with Gasteiger partial charge in [-0.2, -0.15) is 8.78 Å². The monoisotopic (exact) mass is 378 g/mol. The Kier molecular flexibility index (Phi) is 7.55. The van der Waals surface area contributed by atoms with Gasteiger partial charge < -0.3 is 19.7 Å². The van der Waals surface area contributed by atoms with Gasteiger partial charge in [0.2, 0.25) is 0 Å². The molecule has 7 heteroatoms. The van der Waals surface area contributed by atoms with Gasteiger partial charge in [-0.15, -0.1) is 0 Å². The van der Waals surface area contributed by atoms with Crippen molar-refractivity contribution in [3.8, 4) is 11.5 Å². The van der Waals surface area contributed by atoms with Crippen molar-refractivity contribution in [2.24, 2.45) is 0 Å². The minimum Gasteiger partial charge on any atom is -0.493 e. The van der Waals surface area contributed by atoms with Gasteiger partial charge in [0.1, 0.15) is 0 Å². The van der Waals surface area contributed by atoms with Crippen LogP contribution >= 0.6 is 0 Å². The number of hydrogen-bond acceptors (Lipinski definition) is 4. The van der Waals surface area contributed by atoms with Gasteiger partial charge in [0, 0.05) is 18.2 Å². The molecule has 2 aromatic rings. The van der Waals surface area contributed by atoms with Crippen molar-refractivity contribution in [1.82, 2.24) is 10.2 Å². The van der Waals surface area contributed by atoms with Crippen LogP contribution in [-0.4, -0.2) is 51.2 Å². The van der Waals surface area contributed by atoms with E-state index in [1.165, 1.54) is 30.9 Å². The second-order valence-electron chi connectivity index (χ2n) is 6.26. The molecular weight excluding hydrogens is 354 g/mol. The molecule has 0 aliphatic rings. The number of likely N-dealkylation sites (N-methyl/N-ethyl adjacent to an activating group) is 1. The third-order valence-electron chi connectivity index (χ3n) is 4.18. The molecule has 1 N–H and O–H groups in total. The summed E-state index contributed by atoms with van der Waals surface area (Å²) in [5.74, 6) is -0.340. The molecule has 27 heavy (non-hydrogen) atoms. The zero-order valence-electron chi connectivity index (χ0n) is 15.6. The summed E-state index contributed by atoms with van der Waals surface area (Å²) >= 11 is 0.